The van der Waals surface area contributed by atoms with Crippen molar-refractivity contribution >= 4 is 23.2 Å². The first kappa shape index (κ1) is 15.8. The maximum Gasteiger partial charge on any atom is 0.0452 e. The van der Waals surface area contributed by atoms with Gasteiger partial charge in [-0.25, -0.2) is 0 Å². The molecule has 0 spiro atoms. The molecule has 0 heterocycles. The van der Waals surface area contributed by atoms with E-state index in [0.29, 0.717) is 12.0 Å². The zero-order chi connectivity index (χ0) is 13.5. The van der Waals surface area contributed by atoms with Gasteiger partial charge in [0.05, 0.1) is 0 Å². The molecule has 1 nitrogen and oxygen atoms in total. The van der Waals surface area contributed by atoms with Gasteiger partial charge in [0.2, 0.25) is 0 Å². The predicted octanol–water partition coefficient (Wildman–Crippen LogP) is 4.95. The molecule has 0 bridgehead atoms. The summed E-state index contributed by atoms with van der Waals surface area (Å²) in [6.07, 6.45) is 3.26. The van der Waals surface area contributed by atoms with Crippen LogP contribution in [0.5, 0.6) is 0 Å². The molecule has 0 fully saturated rings. The first-order valence-electron chi connectivity index (χ1n) is 6.70. The second-order valence-corrected chi connectivity index (χ2v) is 5.91. The highest BCUT2D eigenvalue weighted by Gasteiger charge is 2.13. The van der Waals surface area contributed by atoms with Crippen molar-refractivity contribution in [1.29, 1.82) is 0 Å². The Hall–Kier alpha value is -0.240. The molecular weight excluding hydrogens is 265 g/mol. The average molecular weight is 288 g/mol. The largest absolute Gasteiger partial charge is 0.314 e. The van der Waals surface area contributed by atoms with Gasteiger partial charge in [0.15, 0.2) is 0 Å². The SMILES string of the molecule is CCCNC(C)CC(C)Cc1c(Cl)cccc1Cl. The van der Waals surface area contributed by atoms with Crippen molar-refractivity contribution in [3.05, 3.63) is 33.8 Å². The fraction of sp³-hybridized carbons (Fsp3) is 0.600. The van der Waals surface area contributed by atoms with Crippen LogP contribution in [-0.2, 0) is 6.42 Å². The first-order valence-corrected chi connectivity index (χ1v) is 7.46. The molecule has 1 rings (SSSR count). The molecule has 0 saturated heterocycles. The number of halogens is 2. The molecule has 1 aromatic carbocycles. The molecule has 2 atom stereocenters. The Balaban J connectivity index is 2.51. The Morgan fingerprint density at radius 1 is 1.17 bits per heavy atom. The van der Waals surface area contributed by atoms with Gasteiger partial charge in [0, 0.05) is 16.1 Å². The zero-order valence-electron chi connectivity index (χ0n) is 11.5. The Bertz CT molecular complexity index is 345. The van der Waals surface area contributed by atoms with Gasteiger partial charge >= 0.3 is 0 Å². The van der Waals surface area contributed by atoms with E-state index in [9.17, 15) is 0 Å². The van der Waals surface area contributed by atoms with E-state index < -0.39 is 0 Å². The lowest BCUT2D eigenvalue weighted by atomic mass is 9.95. The van der Waals surface area contributed by atoms with Crippen LogP contribution < -0.4 is 5.32 Å². The van der Waals surface area contributed by atoms with Gasteiger partial charge in [-0.05, 0) is 56.3 Å². The summed E-state index contributed by atoms with van der Waals surface area (Å²) >= 11 is 12.4. The van der Waals surface area contributed by atoms with Gasteiger partial charge in [-0.1, -0.05) is 43.1 Å². The van der Waals surface area contributed by atoms with Crippen LogP contribution in [0, 0.1) is 5.92 Å². The number of benzene rings is 1. The minimum Gasteiger partial charge on any atom is -0.314 e. The highest BCUT2D eigenvalue weighted by Crippen LogP contribution is 2.27. The molecule has 1 N–H and O–H groups in total. The van der Waals surface area contributed by atoms with E-state index in [-0.39, 0.29) is 0 Å². The first-order chi connectivity index (χ1) is 8.54. The molecule has 0 aromatic heterocycles. The lowest BCUT2D eigenvalue weighted by molar-refractivity contribution is 0.420. The lowest BCUT2D eigenvalue weighted by Crippen LogP contribution is -2.28. The highest BCUT2D eigenvalue weighted by atomic mass is 35.5. The topological polar surface area (TPSA) is 12.0 Å². The van der Waals surface area contributed by atoms with Crippen molar-refractivity contribution < 1.29 is 0 Å². The van der Waals surface area contributed by atoms with Crippen molar-refractivity contribution in [2.45, 2.75) is 46.1 Å². The molecule has 102 valence electrons. The molecule has 2 unspecified atom stereocenters. The third-order valence-corrected chi connectivity index (χ3v) is 3.82. The average Bonchev–Trinajstić information content (AvgIpc) is 2.31. The van der Waals surface area contributed by atoms with Crippen molar-refractivity contribution in [3.8, 4) is 0 Å². The van der Waals surface area contributed by atoms with Crippen LogP contribution in [0.25, 0.3) is 0 Å². The second-order valence-electron chi connectivity index (χ2n) is 5.10. The van der Waals surface area contributed by atoms with E-state index in [4.69, 9.17) is 23.2 Å². The van der Waals surface area contributed by atoms with Crippen molar-refractivity contribution in [2.75, 3.05) is 6.54 Å². The van der Waals surface area contributed by atoms with Crippen LogP contribution in [-0.4, -0.2) is 12.6 Å². The summed E-state index contributed by atoms with van der Waals surface area (Å²) in [6.45, 7) is 7.76. The molecule has 0 aliphatic carbocycles. The predicted molar refractivity (Wildman–Crippen MR) is 81.7 cm³/mol. The minimum atomic E-state index is 0.543. The Kier molecular flexibility index (Phi) is 7.06. The van der Waals surface area contributed by atoms with Crippen LogP contribution in [0.2, 0.25) is 10.0 Å². The summed E-state index contributed by atoms with van der Waals surface area (Å²) in [5.41, 5.74) is 1.08. The summed E-state index contributed by atoms with van der Waals surface area (Å²) < 4.78 is 0. The van der Waals surface area contributed by atoms with E-state index in [1.54, 1.807) is 0 Å². The molecule has 0 aliphatic heterocycles. The van der Waals surface area contributed by atoms with Gasteiger partial charge in [-0.15, -0.1) is 0 Å². The normalized spacial score (nSPS) is 14.5. The monoisotopic (exact) mass is 287 g/mol. The summed E-state index contributed by atoms with van der Waals surface area (Å²) in [7, 11) is 0. The number of rotatable bonds is 7. The van der Waals surface area contributed by atoms with Gasteiger partial charge in [0.1, 0.15) is 0 Å². The molecule has 3 heteroatoms. The van der Waals surface area contributed by atoms with E-state index in [0.717, 1.165) is 35.0 Å². The molecule has 0 aliphatic rings. The highest BCUT2D eigenvalue weighted by molar-refractivity contribution is 6.35. The van der Waals surface area contributed by atoms with E-state index in [1.165, 1.54) is 6.42 Å². The van der Waals surface area contributed by atoms with Crippen LogP contribution >= 0.6 is 23.2 Å². The maximum atomic E-state index is 6.19. The van der Waals surface area contributed by atoms with Gasteiger partial charge in [-0.3, -0.25) is 0 Å². The van der Waals surface area contributed by atoms with E-state index in [1.807, 2.05) is 18.2 Å². The standard InChI is InChI=1S/C15H23Cl2N/c1-4-8-18-12(3)9-11(2)10-13-14(16)6-5-7-15(13)17/h5-7,11-12,18H,4,8-10H2,1-3H3. The fourth-order valence-corrected chi connectivity index (χ4v) is 2.79. The van der Waals surface area contributed by atoms with Crippen LogP contribution in [0.3, 0.4) is 0 Å². The summed E-state index contributed by atoms with van der Waals surface area (Å²) in [6, 6.07) is 6.26. The molecule has 0 radical (unpaired) electrons. The number of nitrogens with one attached hydrogen (secondary N) is 1. The number of hydrogen-bond acceptors (Lipinski definition) is 1. The molecule has 18 heavy (non-hydrogen) atoms. The minimum absolute atomic E-state index is 0.543. The molecule has 1 aromatic rings. The van der Waals surface area contributed by atoms with E-state index in [2.05, 4.69) is 26.1 Å². The van der Waals surface area contributed by atoms with Gasteiger partial charge < -0.3 is 5.32 Å². The van der Waals surface area contributed by atoms with Crippen LogP contribution in [0.15, 0.2) is 18.2 Å². The Morgan fingerprint density at radius 2 is 1.78 bits per heavy atom. The number of hydrogen-bond donors (Lipinski definition) is 1. The Morgan fingerprint density at radius 3 is 2.33 bits per heavy atom. The molecular formula is C15H23Cl2N. The van der Waals surface area contributed by atoms with E-state index >= 15 is 0 Å². The quantitative estimate of drug-likeness (QED) is 0.748. The summed E-state index contributed by atoms with van der Waals surface area (Å²) in [4.78, 5) is 0. The molecule has 0 amide bonds. The Labute approximate surface area is 121 Å². The van der Waals surface area contributed by atoms with Crippen molar-refractivity contribution in [3.63, 3.8) is 0 Å². The van der Waals surface area contributed by atoms with Crippen LogP contribution in [0.1, 0.15) is 39.2 Å². The summed E-state index contributed by atoms with van der Waals surface area (Å²) in [5.74, 6) is 0.571. The van der Waals surface area contributed by atoms with Crippen molar-refractivity contribution in [2.24, 2.45) is 5.92 Å². The lowest BCUT2D eigenvalue weighted by Gasteiger charge is -2.19. The third kappa shape index (κ3) is 5.17. The zero-order valence-corrected chi connectivity index (χ0v) is 13.0. The third-order valence-electron chi connectivity index (χ3n) is 3.11. The van der Waals surface area contributed by atoms with Crippen molar-refractivity contribution in [1.82, 2.24) is 5.32 Å². The maximum absolute atomic E-state index is 6.19. The molecule has 0 saturated carbocycles. The van der Waals surface area contributed by atoms with Gasteiger partial charge in [-0.2, -0.15) is 0 Å². The summed E-state index contributed by atoms with van der Waals surface area (Å²) in [5, 5.41) is 5.07. The van der Waals surface area contributed by atoms with Crippen LogP contribution in [0.4, 0.5) is 0 Å². The van der Waals surface area contributed by atoms with Gasteiger partial charge in [0.25, 0.3) is 0 Å². The second kappa shape index (κ2) is 8.04. The fourth-order valence-electron chi connectivity index (χ4n) is 2.24. The smallest absolute Gasteiger partial charge is 0.0452 e.